The molecule has 1 saturated heterocycles. The second-order valence-corrected chi connectivity index (χ2v) is 25.0. The molecule has 538 valence electrons. The molecular weight excluding hydrogens is 1280 g/mol. The first-order chi connectivity index (χ1) is 48.5. The van der Waals surface area contributed by atoms with Crippen molar-refractivity contribution in [2.45, 2.75) is 117 Å². The van der Waals surface area contributed by atoms with E-state index in [2.05, 4.69) is 82.5 Å². The fraction of sp³-hybridized carbons (Fsp3) is 0.466. The van der Waals surface area contributed by atoms with Crippen LogP contribution in [-0.2, 0) is 73.9 Å². The van der Waals surface area contributed by atoms with Crippen molar-refractivity contribution in [2.24, 2.45) is 11.7 Å². The van der Waals surface area contributed by atoms with Gasteiger partial charge in [-0.15, -0.1) is 0 Å². The number of rotatable bonds is 41. The number of likely N-dealkylation sites (N-methyl/N-ethyl adjacent to an activating group) is 1. The van der Waals surface area contributed by atoms with E-state index in [1.807, 2.05) is 66.9 Å². The number of carbonyl (C=O) groups excluding carboxylic acids is 7. The molecule has 6 aromatic rings. The van der Waals surface area contributed by atoms with E-state index in [0.29, 0.717) is 89.2 Å². The van der Waals surface area contributed by atoms with Crippen molar-refractivity contribution in [3.05, 3.63) is 137 Å². The van der Waals surface area contributed by atoms with E-state index in [0.717, 1.165) is 76.1 Å². The van der Waals surface area contributed by atoms with Crippen molar-refractivity contribution in [1.29, 1.82) is 0 Å². The Kier molecular flexibility index (Phi) is 30.3. The van der Waals surface area contributed by atoms with Crippen LogP contribution in [0.2, 0.25) is 0 Å². The summed E-state index contributed by atoms with van der Waals surface area (Å²) in [7, 11) is 3.39. The maximum Gasteiger partial charge on any atom is 0.410 e. The zero-order chi connectivity index (χ0) is 71.2. The number of urea groups is 1. The fourth-order valence-electron chi connectivity index (χ4n) is 11.5. The average molecular weight is 1380 g/mol. The van der Waals surface area contributed by atoms with Crippen LogP contribution in [0, 0.1) is 5.92 Å². The van der Waals surface area contributed by atoms with Gasteiger partial charge >= 0.3 is 12.1 Å². The van der Waals surface area contributed by atoms with Gasteiger partial charge in [-0.25, -0.2) is 14.6 Å². The van der Waals surface area contributed by atoms with Gasteiger partial charge in [0.1, 0.15) is 30.0 Å². The van der Waals surface area contributed by atoms with Crippen LogP contribution in [0.15, 0.2) is 103 Å². The number of unbranched alkanes of at least 4 members (excludes halogenated alkanes) is 2. The zero-order valence-electron chi connectivity index (χ0n) is 58.1. The molecule has 0 unspecified atom stereocenters. The Morgan fingerprint density at radius 1 is 0.690 bits per heavy atom. The summed E-state index contributed by atoms with van der Waals surface area (Å²) in [6.07, 6.45) is 9.38. The number of ether oxygens (including phenoxy) is 6. The third-order valence-corrected chi connectivity index (χ3v) is 17.1. The first kappa shape index (κ1) is 76.1. The molecule has 0 spiro atoms. The lowest BCUT2D eigenvalue weighted by Crippen LogP contribution is -2.59. The Morgan fingerprint density at radius 3 is 2.10 bits per heavy atom. The highest BCUT2D eigenvalue weighted by molar-refractivity contribution is 6.00. The highest BCUT2D eigenvalue weighted by atomic mass is 16.6. The van der Waals surface area contributed by atoms with E-state index < -0.39 is 41.9 Å². The largest absolute Gasteiger partial charge is 0.496 e. The second kappa shape index (κ2) is 39.8. The Hall–Kier alpha value is -9.67. The summed E-state index contributed by atoms with van der Waals surface area (Å²) in [5, 5.41) is 17.2. The number of nitrogens with two attached hydrogens (primary N) is 2. The maximum absolute atomic E-state index is 13.8. The molecule has 2 aliphatic rings. The van der Waals surface area contributed by atoms with Gasteiger partial charge in [-0.1, -0.05) is 112 Å². The maximum atomic E-state index is 13.8. The topological polar surface area (TPSA) is 340 Å². The smallest absolute Gasteiger partial charge is 0.410 e. The molecule has 1 fully saturated rings. The summed E-state index contributed by atoms with van der Waals surface area (Å²) in [6.45, 7) is 12.0. The molecule has 10 N–H and O–H groups in total. The molecule has 2 aliphatic heterocycles. The number of nitrogen functional groups attached to an aromatic ring is 1. The number of nitrogens with zero attached hydrogens (tertiary/aromatic N) is 6. The third kappa shape index (κ3) is 23.8. The number of likely N-dealkylation sites (tertiary alicyclic amines) is 1. The van der Waals surface area contributed by atoms with Crippen molar-refractivity contribution < 1.29 is 62.0 Å². The number of amides is 8. The van der Waals surface area contributed by atoms with Gasteiger partial charge in [0, 0.05) is 83.0 Å². The van der Waals surface area contributed by atoms with Gasteiger partial charge in [0.05, 0.1) is 90.3 Å². The Labute approximate surface area is 584 Å². The van der Waals surface area contributed by atoms with Crippen LogP contribution in [-0.4, -0.2) is 184 Å². The van der Waals surface area contributed by atoms with Crippen LogP contribution in [0.25, 0.3) is 23.2 Å². The molecule has 8 amide bonds. The molecule has 0 radical (unpaired) electrons. The highest BCUT2D eigenvalue weighted by Crippen LogP contribution is 2.31. The van der Waals surface area contributed by atoms with Crippen molar-refractivity contribution in [2.75, 3.05) is 121 Å². The molecule has 27 nitrogen and oxygen atoms in total. The van der Waals surface area contributed by atoms with Crippen LogP contribution in [0.5, 0.6) is 5.75 Å². The summed E-state index contributed by atoms with van der Waals surface area (Å²) < 4.78 is 36.0. The van der Waals surface area contributed by atoms with Crippen molar-refractivity contribution in [1.82, 2.24) is 45.6 Å². The minimum Gasteiger partial charge on any atom is -0.496 e. The summed E-state index contributed by atoms with van der Waals surface area (Å²) in [4.78, 5) is 106. The minimum atomic E-state index is -1.05. The number of para-hydroxylation sites is 1. The summed E-state index contributed by atoms with van der Waals surface area (Å²) >= 11 is 0. The first-order valence-electron chi connectivity index (χ1n) is 34.4. The summed E-state index contributed by atoms with van der Waals surface area (Å²) in [6, 6.07) is 27.8. The minimum absolute atomic E-state index is 0.00600. The van der Waals surface area contributed by atoms with Crippen molar-refractivity contribution >= 4 is 88.0 Å². The number of nitrogens with one attached hydrogen (secondary N) is 6. The van der Waals surface area contributed by atoms with Crippen LogP contribution in [0.4, 0.5) is 32.7 Å². The number of primary amides is 1. The zero-order valence-corrected chi connectivity index (χ0v) is 58.1. The van der Waals surface area contributed by atoms with E-state index in [1.54, 1.807) is 62.1 Å². The standard InChI is InChI=1S/C73H98N14O13/c1-6-7-12-31-77-68-67-59(81-71(74)83-68)29-34-86(67)45-56-22-19-52(43-62(56)95-5)44-85-47-58(48-85)84(4)73(94)100-49-51-20-25-57(26-21-51)79-69(91)60(17-13-32-78-72(75)93)80-70(92)66(50(2)3)82-64(89)30-35-96-37-39-98-41-42-99-40-38-97-36-33-76-63(88)27-28-65(90)87-46-55-16-9-8-14-53(55)23-24-54-15-10-11-18-61(54)87/h8-11,14-16,18-26,29,34,43,50,58,60,66H,6-7,12-13,17,27-28,30-33,35-42,44-49H2,1-5H3,(H,76,88)(H,79,91)(H,80,92)(H,82,89)(H3,75,78,93)(H3,74,77,81,83)/b24-23-/t60-,66-/m0/s1. The Balaban J connectivity index is 0.667. The molecule has 0 bridgehead atoms. The quantitative estimate of drug-likeness (QED) is 0.0176. The SMILES string of the molecule is CCCCCNc1nc(N)nc2ccn(Cc3ccc(CN4CC(N(C)C(=O)OCc5ccc(NC(=O)[C@H](CCCNC(N)=O)NC(=O)[C@@H](NC(=O)CCOCCOCCOCCOCCNC(=O)CCC(=O)N6Cc7ccccc7/C=C\c7ccccc76)C(C)C)cc5)C4)cc3OC)c12. The molecule has 0 saturated carbocycles. The molecule has 4 heterocycles. The van der Waals surface area contributed by atoms with Crippen LogP contribution in [0.1, 0.15) is 106 Å². The lowest BCUT2D eigenvalue weighted by atomic mass is 10.0. The Bertz CT molecular complexity index is 3690. The second-order valence-electron chi connectivity index (χ2n) is 25.0. The number of fused-ring (bicyclic) bond motifs is 3. The number of anilines is 4. The predicted octanol–water partition coefficient (Wildman–Crippen LogP) is 7.21. The molecule has 27 heteroatoms. The number of hydrogen-bond donors (Lipinski definition) is 8. The normalized spacial score (nSPS) is 13.7. The monoisotopic (exact) mass is 1380 g/mol. The molecular formula is C73H98N14O13. The summed E-state index contributed by atoms with van der Waals surface area (Å²) in [5.74, 6) is -0.533. The van der Waals surface area contributed by atoms with E-state index >= 15 is 0 Å². The highest BCUT2D eigenvalue weighted by Gasteiger charge is 2.34. The lowest BCUT2D eigenvalue weighted by Gasteiger charge is -2.43. The molecule has 0 aliphatic carbocycles. The van der Waals surface area contributed by atoms with Crippen LogP contribution >= 0.6 is 0 Å². The van der Waals surface area contributed by atoms with Gasteiger partial charge in [0.15, 0.2) is 5.82 Å². The van der Waals surface area contributed by atoms with Crippen LogP contribution in [0.3, 0.4) is 0 Å². The third-order valence-electron chi connectivity index (χ3n) is 17.1. The molecule has 100 heavy (non-hydrogen) atoms. The first-order valence-corrected chi connectivity index (χ1v) is 34.4. The number of carbonyl (C=O) groups is 7. The molecule has 2 aromatic heterocycles. The van der Waals surface area contributed by atoms with Crippen LogP contribution < -0.4 is 53.0 Å². The molecule has 4 aromatic carbocycles. The van der Waals surface area contributed by atoms with E-state index in [4.69, 9.17) is 39.9 Å². The van der Waals surface area contributed by atoms with Gasteiger partial charge in [-0.3, -0.25) is 28.9 Å². The number of benzene rings is 4. The lowest BCUT2D eigenvalue weighted by molar-refractivity contribution is -0.132. The number of hydrogen-bond acceptors (Lipinski definition) is 18. The van der Waals surface area contributed by atoms with E-state index in [1.165, 1.54) is 0 Å². The van der Waals surface area contributed by atoms with E-state index in [9.17, 15) is 33.6 Å². The average Bonchev–Trinajstić information content (AvgIpc) is 1.55. The predicted molar refractivity (Wildman–Crippen MR) is 383 cm³/mol. The fourth-order valence-corrected chi connectivity index (χ4v) is 11.5. The van der Waals surface area contributed by atoms with Gasteiger partial charge in [0.2, 0.25) is 35.5 Å². The number of methoxy groups -OCH3 is 1. The van der Waals surface area contributed by atoms with Crippen molar-refractivity contribution in [3.8, 4) is 5.75 Å². The molecule has 2 atom stereocenters. The summed E-state index contributed by atoms with van der Waals surface area (Å²) in [5.41, 5.74) is 20.0. The Morgan fingerprint density at radius 2 is 1.38 bits per heavy atom. The van der Waals surface area contributed by atoms with Gasteiger partial charge < -0.3 is 86.2 Å². The van der Waals surface area contributed by atoms with E-state index in [-0.39, 0.29) is 95.0 Å². The van der Waals surface area contributed by atoms with Crippen molar-refractivity contribution in [3.63, 3.8) is 0 Å². The number of aromatic nitrogens is 3. The van der Waals surface area contributed by atoms with Gasteiger partial charge in [-0.2, -0.15) is 4.98 Å². The van der Waals surface area contributed by atoms with Gasteiger partial charge in [-0.05, 0) is 83.3 Å². The molecule has 8 rings (SSSR count). The van der Waals surface area contributed by atoms with Gasteiger partial charge in [0.25, 0.3) is 0 Å².